The molecular formula is C15H16N2O4. The SMILES string of the molecule is CC(C)(C)OC(=O)N/C(=C\c1ccc(C#N)cc1)C(=O)O. The maximum atomic E-state index is 11.6. The van der Waals surface area contributed by atoms with Crippen LogP contribution < -0.4 is 5.32 Å². The summed E-state index contributed by atoms with van der Waals surface area (Å²) in [7, 11) is 0. The molecule has 0 spiro atoms. The molecule has 1 aromatic rings. The van der Waals surface area contributed by atoms with E-state index in [2.05, 4.69) is 5.32 Å². The topological polar surface area (TPSA) is 99.4 Å². The van der Waals surface area contributed by atoms with Crippen molar-refractivity contribution in [2.45, 2.75) is 26.4 Å². The quantitative estimate of drug-likeness (QED) is 0.832. The van der Waals surface area contributed by atoms with E-state index >= 15 is 0 Å². The number of aliphatic carboxylic acids is 1. The number of nitriles is 1. The molecule has 1 amide bonds. The van der Waals surface area contributed by atoms with Crippen molar-refractivity contribution in [1.82, 2.24) is 5.32 Å². The average molecular weight is 288 g/mol. The van der Waals surface area contributed by atoms with E-state index in [1.807, 2.05) is 6.07 Å². The van der Waals surface area contributed by atoms with Crippen LogP contribution in [0.2, 0.25) is 0 Å². The fourth-order valence-electron chi connectivity index (χ4n) is 1.39. The lowest BCUT2D eigenvalue weighted by atomic mass is 10.1. The number of amides is 1. The number of alkyl carbamates (subject to hydrolysis) is 1. The Hall–Kier alpha value is -2.81. The molecule has 1 aromatic carbocycles. The summed E-state index contributed by atoms with van der Waals surface area (Å²) in [6.45, 7) is 5.03. The van der Waals surface area contributed by atoms with E-state index in [4.69, 9.17) is 15.1 Å². The molecule has 0 aromatic heterocycles. The van der Waals surface area contributed by atoms with Crippen molar-refractivity contribution < 1.29 is 19.4 Å². The van der Waals surface area contributed by atoms with Gasteiger partial charge in [-0.2, -0.15) is 5.26 Å². The van der Waals surface area contributed by atoms with Gasteiger partial charge in [0.05, 0.1) is 11.6 Å². The van der Waals surface area contributed by atoms with Gasteiger partial charge in [-0.15, -0.1) is 0 Å². The van der Waals surface area contributed by atoms with E-state index in [0.29, 0.717) is 11.1 Å². The van der Waals surface area contributed by atoms with Crippen molar-refractivity contribution in [3.05, 3.63) is 41.1 Å². The molecule has 1 rings (SSSR count). The summed E-state index contributed by atoms with van der Waals surface area (Å²) < 4.78 is 5.00. The summed E-state index contributed by atoms with van der Waals surface area (Å²) in [4.78, 5) is 22.7. The summed E-state index contributed by atoms with van der Waals surface area (Å²) in [5.74, 6) is -1.29. The predicted octanol–water partition coefficient (Wildman–Crippen LogP) is 2.51. The van der Waals surface area contributed by atoms with Crippen LogP contribution in [0.15, 0.2) is 30.0 Å². The number of carbonyl (C=O) groups excluding carboxylic acids is 1. The number of carboxylic acids is 1. The Bertz CT molecular complexity index is 604. The maximum absolute atomic E-state index is 11.6. The van der Waals surface area contributed by atoms with Gasteiger partial charge in [0.25, 0.3) is 0 Å². The molecule has 0 bridgehead atoms. The molecule has 2 N–H and O–H groups in total. The summed E-state index contributed by atoms with van der Waals surface area (Å²) in [5, 5.41) is 20.0. The van der Waals surface area contributed by atoms with Gasteiger partial charge < -0.3 is 9.84 Å². The number of benzene rings is 1. The van der Waals surface area contributed by atoms with E-state index in [-0.39, 0.29) is 5.70 Å². The van der Waals surface area contributed by atoms with Gasteiger partial charge in [0.1, 0.15) is 11.3 Å². The van der Waals surface area contributed by atoms with Crippen molar-refractivity contribution in [2.24, 2.45) is 0 Å². The predicted molar refractivity (Wildman–Crippen MR) is 76.1 cm³/mol. The number of hydrogen-bond donors (Lipinski definition) is 2. The smallest absolute Gasteiger partial charge is 0.412 e. The van der Waals surface area contributed by atoms with E-state index in [0.717, 1.165) is 0 Å². The van der Waals surface area contributed by atoms with Crippen LogP contribution in [0.3, 0.4) is 0 Å². The Morgan fingerprint density at radius 3 is 2.29 bits per heavy atom. The Balaban J connectivity index is 2.91. The van der Waals surface area contributed by atoms with Gasteiger partial charge in [-0.1, -0.05) is 12.1 Å². The minimum Gasteiger partial charge on any atom is -0.477 e. The van der Waals surface area contributed by atoms with Crippen LogP contribution in [-0.2, 0) is 9.53 Å². The van der Waals surface area contributed by atoms with Crippen molar-refractivity contribution >= 4 is 18.1 Å². The largest absolute Gasteiger partial charge is 0.477 e. The highest BCUT2D eigenvalue weighted by molar-refractivity contribution is 5.95. The monoisotopic (exact) mass is 288 g/mol. The third kappa shape index (κ3) is 5.78. The van der Waals surface area contributed by atoms with Gasteiger partial charge in [-0.05, 0) is 44.5 Å². The first-order valence-electron chi connectivity index (χ1n) is 6.16. The van der Waals surface area contributed by atoms with E-state index in [1.165, 1.54) is 6.08 Å². The summed E-state index contributed by atoms with van der Waals surface area (Å²) >= 11 is 0. The molecule has 6 nitrogen and oxygen atoms in total. The lowest BCUT2D eigenvalue weighted by Gasteiger charge is -2.19. The summed E-state index contributed by atoms with van der Waals surface area (Å²) in [6.07, 6.45) is 0.442. The van der Waals surface area contributed by atoms with Crippen LogP contribution >= 0.6 is 0 Å². The van der Waals surface area contributed by atoms with Crippen molar-refractivity contribution in [1.29, 1.82) is 5.26 Å². The van der Waals surface area contributed by atoms with E-state index < -0.39 is 17.7 Å². The second-order valence-electron chi connectivity index (χ2n) is 5.22. The third-order valence-electron chi connectivity index (χ3n) is 2.22. The van der Waals surface area contributed by atoms with Crippen molar-refractivity contribution in [3.8, 4) is 6.07 Å². The molecular weight excluding hydrogens is 272 g/mol. The molecule has 110 valence electrons. The van der Waals surface area contributed by atoms with Crippen LogP contribution in [0.4, 0.5) is 4.79 Å². The number of ether oxygens (including phenoxy) is 1. The number of carboxylic acid groups (broad SMARTS) is 1. The van der Waals surface area contributed by atoms with Crippen LogP contribution in [0.1, 0.15) is 31.9 Å². The molecule has 6 heteroatoms. The number of hydrogen-bond acceptors (Lipinski definition) is 4. The summed E-state index contributed by atoms with van der Waals surface area (Å²) in [6, 6.07) is 8.23. The Morgan fingerprint density at radius 1 is 1.29 bits per heavy atom. The second kappa shape index (κ2) is 6.57. The molecule has 0 fully saturated rings. The van der Waals surface area contributed by atoms with Gasteiger partial charge >= 0.3 is 12.1 Å². The first-order valence-corrected chi connectivity index (χ1v) is 6.16. The summed E-state index contributed by atoms with van der Waals surface area (Å²) in [5.41, 5.74) is -0.0252. The molecule has 0 aliphatic carbocycles. The Kier molecular flexibility index (Phi) is 5.08. The number of carbonyl (C=O) groups is 2. The minimum atomic E-state index is -1.29. The fourth-order valence-corrected chi connectivity index (χ4v) is 1.39. The standard InChI is InChI=1S/C15H16N2O4/c1-15(2,3)21-14(20)17-12(13(18)19)8-10-4-6-11(9-16)7-5-10/h4-8H,1-3H3,(H,17,20)(H,18,19)/b12-8-. The highest BCUT2D eigenvalue weighted by Crippen LogP contribution is 2.10. The normalized spacial score (nSPS) is 11.4. The van der Waals surface area contributed by atoms with Gasteiger partial charge in [0, 0.05) is 0 Å². The first-order chi connectivity index (χ1) is 9.71. The van der Waals surface area contributed by atoms with Crippen molar-refractivity contribution in [2.75, 3.05) is 0 Å². The maximum Gasteiger partial charge on any atom is 0.412 e. The highest BCUT2D eigenvalue weighted by atomic mass is 16.6. The molecule has 0 heterocycles. The molecule has 0 saturated carbocycles. The zero-order valence-electron chi connectivity index (χ0n) is 12.0. The number of nitrogens with zero attached hydrogens (tertiary/aromatic N) is 1. The lowest BCUT2D eigenvalue weighted by molar-refractivity contribution is -0.133. The third-order valence-corrected chi connectivity index (χ3v) is 2.22. The minimum absolute atomic E-state index is 0.311. The number of rotatable bonds is 3. The van der Waals surface area contributed by atoms with Gasteiger partial charge in [0.2, 0.25) is 0 Å². The van der Waals surface area contributed by atoms with Crippen molar-refractivity contribution in [3.63, 3.8) is 0 Å². The lowest BCUT2D eigenvalue weighted by Crippen LogP contribution is -2.34. The molecule has 0 radical (unpaired) electrons. The molecule has 0 atom stereocenters. The van der Waals surface area contributed by atoms with Crippen LogP contribution in [-0.4, -0.2) is 22.8 Å². The molecule has 0 saturated heterocycles. The molecule has 0 aliphatic rings. The van der Waals surface area contributed by atoms with Crippen LogP contribution in [0, 0.1) is 11.3 Å². The van der Waals surface area contributed by atoms with E-state index in [1.54, 1.807) is 45.0 Å². The Labute approximate surface area is 122 Å². The van der Waals surface area contributed by atoms with Crippen LogP contribution in [0.25, 0.3) is 6.08 Å². The Morgan fingerprint density at radius 2 is 1.86 bits per heavy atom. The highest BCUT2D eigenvalue weighted by Gasteiger charge is 2.19. The van der Waals surface area contributed by atoms with Crippen LogP contribution in [0.5, 0.6) is 0 Å². The van der Waals surface area contributed by atoms with E-state index in [9.17, 15) is 9.59 Å². The zero-order valence-corrected chi connectivity index (χ0v) is 12.0. The number of nitrogens with one attached hydrogen (secondary N) is 1. The molecule has 21 heavy (non-hydrogen) atoms. The fraction of sp³-hybridized carbons (Fsp3) is 0.267. The molecule has 0 aliphatic heterocycles. The van der Waals surface area contributed by atoms with Gasteiger partial charge in [-0.3, -0.25) is 5.32 Å². The molecule has 0 unspecified atom stereocenters. The average Bonchev–Trinajstić information content (AvgIpc) is 2.36. The van der Waals surface area contributed by atoms with Gasteiger partial charge in [-0.25, -0.2) is 9.59 Å². The zero-order chi connectivity index (χ0) is 16.0. The second-order valence-corrected chi connectivity index (χ2v) is 5.22. The first kappa shape index (κ1) is 16.2. The van der Waals surface area contributed by atoms with Gasteiger partial charge in [0.15, 0.2) is 0 Å².